The van der Waals surface area contributed by atoms with Crippen molar-refractivity contribution in [3.05, 3.63) is 41.8 Å². The molecule has 0 unspecified atom stereocenters. The Morgan fingerprint density at radius 1 is 1.17 bits per heavy atom. The van der Waals surface area contributed by atoms with E-state index in [0.29, 0.717) is 11.7 Å². The zero-order valence-electron chi connectivity index (χ0n) is 9.66. The summed E-state index contributed by atoms with van der Waals surface area (Å²) in [6.07, 6.45) is 2.05. The Kier molecular flexibility index (Phi) is 3.17. The van der Waals surface area contributed by atoms with E-state index in [1.165, 1.54) is 4.90 Å². The molecule has 0 fully saturated rings. The van der Waals surface area contributed by atoms with E-state index in [9.17, 15) is 0 Å². The van der Waals surface area contributed by atoms with E-state index in [2.05, 4.69) is 28.5 Å². The number of thioether (sulfide) groups is 1. The fourth-order valence-electron chi connectivity index (χ4n) is 1.58. The summed E-state index contributed by atoms with van der Waals surface area (Å²) in [6, 6.07) is 12.1. The van der Waals surface area contributed by atoms with E-state index < -0.39 is 0 Å². The average Bonchev–Trinajstić information content (AvgIpc) is 3.09. The molecule has 2 heterocycles. The van der Waals surface area contributed by atoms with Crippen LogP contribution in [0.4, 0.5) is 0 Å². The molecule has 0 N–H and O–H groups in total. The van der Waals surface area contributed by atoms with Gasteiger partial charge in [0.15, 0.2) is 0 Å². The largest absolute Gasteiger partial charge is 0.334 e. The molecular formula is C13H10N2OS2. The van der Waals surface area contributed by atoms with Crippen LogP contribution in [0, 0.1) is 0 Å². The summed E-state index contributed by atoms with van der Waals surface area (Å²) in [7, 11) is 0. The molecule has 0 radical (unpaired) electrons. The highest BCUT2D eigenvalue weighted by Crippen LogP contribution is 2.26. The molecule has 0 amide bonds. The second-order valence-electron chi connectivity index (χ2n) is 3.63. The number of hydrogen-bond donors (Lipinski definition) is 0. The minimum atomic E-state index is 0.561. The van der Waals surface area contributed by atoms with Gasteiger partial charge < -0.3 is 4.52 Å². The smallest absolute Gasteiger partial charge is 0.258 e. The van der Waals surface area contributed by atoms with Crippen LogP contribution in [-0.2, 0) is 0 Å². The zero-order valence-corrected chi connectivity index (χ0v) is 11.3. The first-order valence-electron chi connectivity index (χ1n) is 5.39. The van der Waals surface area contributed by atoms with Gasteiger partial charge in [0.1, 0.15) is 0 Å². The molecule has 0 aliphatic rings. The predicted octanol–water partition coefficient (Wildman–Crippen LogP) is 4.19. The Labute approximate surface area is 113 Å². The van der Waals surface area contributed by atoms with Crippen molar-refractivity contribution in [2.24, 2.45) is 0 Å². The summed E-state index contributed by atoms with van der Waals surface area (Å²) in [5, 5.41) is 6.00. The van der Waals surface area contributed by atoms with Crippen LogP contribution in [0.1, 0.15) is 0 Å². The number of nitrogens with zero attached hydrogens (tertiary/aromatic N) is 2. The first-order chi connectivity index (χ1) is 8.86. The molecule has 0 spiro atoms. The number of benzene rings is 1. The van der Waals surface area contributed by atoms with Crippen molar-refractivity contribution in [1.29, 1.82) is 0 Å². The highest BCUT2D eigenvalue weighted by Gasteiger charge is 2.10. The Bertz CT molecular complexity index is 629. The third kappa shape index (κ3) is 2.19. The molecule has 3 aromatic rings. The van der Waals surface area contributed by atoms with Crippen molar-refractivity contribution in [3.8, 4) is 22.2 Å². The quantitative estimate of drug-likeness (QED) is 0.671. The van der Waals surface area contributed by atoms with Crippen molar-refractivity contribution >= 4 is 23.1 Å². The molecule has 0 saturated carbocycles. The first-order valence-corrected chi connectivity index (χ1v) is 7.49. The van der Waals surface area contributed by atoms with Gasteiger partial charge in [-0.2, -0.15) is 4.98 Å². The minimum absolute atomic E-state index is 0.561. The first kappa shape index (κ1) is 11.5. The van der Waals surface area contributed by atoms with E-state index >= 15 is 0 Å². The fraction of sp³-hybridized carbons (Fsp3) is 0.0769. The van der Waals surface area contributed by atoms with Gasteiger partial charge in [-0.25, -0.2) is 0 Å². The standard InChI is InChI=1S/C13H10N2OS2/c1-17-10-6-4-9(5-7-10)13-14-12(15-16-13)11-3-2-8-18-11/h2-8H,1H3. The van der Waals surface area contributed by atoms with Crippen LogP contribution in [0.5, 0.6) is 0 Å². The summed E-state index contributed by atoms with van der Waals surface area (Å²) in [5.41, 5.74) is 0.947. The molecule has 0 aliphatic carbocycles. The van der Waals surface area contributed by atoms with Crippen molar-refractivity contribution in [3.63, 3.8) is 0 Å². The van der Waals surface area contributed by atoms with Crippen molar-refractivity contribution in [2.45, 2.75) is 4.90 Å². The Balaban J connectivity index is 1.92. The van der Waals surface area contributed by atoms with E-state index in [1.807, 2.05) is 29.6 Å². The molecule has 0 aliphatic heterocycles. The molecule has 3 rings (SSSR count). The van der Waals surface area contributed by atoms with E-state index in [-0.39, 0.29) is 0 Å². The van der Waals surface area contributed by atoms with Crippen LogP contribution < -0.4 is 0 Å². The Morgan fingerprint density at radius 2 is 2.00 bits per heavy atom. The molecule has 0 atom stereocenters. The molecule has 90 valence electrons. The molecular weight excluding hydrogens is 264 g/mol. The fourth-order valence-corrected chi connectivity index (χ4v) is 2.64. The lowest BCUT2D eigenvalue weighted by Crippen LogP contribution is -1.78. The van der Waals surface area contributed by atoms with Gasteiger partial charge in [-0.15, -0.1) is 23.1 Å². The number of aromatic nitrogens is 2. The van der Waals surface area contributed by atoms with E-state index in [0.717, 1.165) is 10.4 Å². The zero-order chi connectivity index (χ0) is 12.4. The van der Waals surface area contributed by atoms with E-state index in [4.69, 9.17) is 4.52 Å². The summed E-state index contributed by atoms with van der Waals surface area (Å²) < 4.78 is 5.29. The predicted molar refractivity (Wildman–Crippen MR) is 74.8 cm³/mol. The molecule has 1 aromatic carbocycles. The van der Waals surface area contributed by atoms with Crippen LogP contribution in [0.25, 0.3) is 22.2 Å². The summed E-state index contributed by atoms with van der Waals surface area (Å²) in [6.45, 7) is 0. The maximum absolute atomic E-state index is 5.29. The highest BCUT2D eigenvalue weighted by molar-refractivity contribution is 7.98. The Hall–Kier alpha value is -1.59. The van der Waals surface area contributed by atoms with Crippen molar-refractivity contribution < 1.29 is 4.52 Å². The van der Waals surface area contributed by atoms with Gasteiger partial charge in [0.05, 0.1) is 4.88 Å². The average molecular weight is 274 g/mol. The van der Waals surface area contributed by atoms with Gasteiger partial charge in [0, 0.05) is 10.5 Å². The van der Waals surface area contributed by atoms with Gasteiger partial charge in [0.2, 0.25) is 5.82 Å². The van der Waals surface area contributed by atoms with Gasteiger partial charge in [-0.3, -0.25) is 0 Å². The molecule has 3 nitrogen and oxygen atoms in total. The van der Waals surface area contributed by atoms with Gasteiger partial charge >= 0.3 is 0 Å². The van der Waals surface area contributed by atoms with Crippen LogP contribution in [0.2, 0.25) is 0 Å². The minimum Gasteiger partial charge on any atom is -0.334 e. The van der Waals surface area contributed by atoms with Gasteiger partial charge in [-0.05, 0) is 42.0 Å². The normalized spacial score (nSPS) is 10.7. The second-order valence-corrected chi connectivity index (χ2v) is 5.46. The summed E-state index contributed by atoms with van der Waals surface area (Å²) >= 11 is 3.31. The molecule has 0 saturated heterocycles. The third-order valence-electron chi connectivity index (χ3n) is 2.50. The maximum Gasteiger partial charge on any atom is 0.258 e. The second kappa shape index (κ2) is 4.96. The summed E-state index contributed by atoms with van der Waals surface area (Å²) in [4.78, 5) is 6.64. The SMILES string of the molecule is CSc1ccc(-c2nc(-c3cccs3)no2)cc1. The third-order valence-corrected chi connectivity index (χ3v) is 4.11. The van der Waals surface area contributed by atoms with Crippen LogP contribution in [0.3, 0.4) is 0 Å². The van der Waals surface area contributed by atoms with Crippen molar-refractivity contribution in [2.75, 3.05) is 6.26 Å². The topological polar surface area (TPSA) is 38.9 Å². The number of thiophene rings is 1. The van der Waals surface area contributed by atoms with Gasteiger partial charge in [-0.1, -0.05) is 11.2 Å². The molecule has 5 heteroatoms. The lowest BCUT2D eigenvalue weighted by molar-refractivity contribution is 0.432. The summed E-state index contributed by atoms with van der Waals surface area (Å²) in [5.74, 6) is 1.21. The number of rotatable bonds is 3. The van der Waals surface area contributed by atoms with Crippen LogP contribution in [-0.4, -0.2) is 16.4 Å². The highest BCUT2D eigenvalue weighted by atomic mass is 32.2. The van der Waals surface area contributed by atoms with E-state index in [1.54, 1.807) is 23.1 Å². The lowest BCUT2D eigenvalue weighted by Gasteiger charge is -1.96. The van der Waals surface area contributed by atoms with Crippen LogP contribution >= 0.6 is 23.1 Å². The maximum atomic E-state index is 5.29. The Morgan fingerprint density at radius 3 is 2.67 bits per heavy atom. The molecule has 0 bridgehead atoms. The van der Waals surface area contributed by atoms with Crippen molar-refractivity contribution in [1.82, 2.24) is 10.1 Å². The molecule has 18 heavy (non-hydrogen) atoms. The number of hydrogen-bond acceptors (Lipinski definition) is 5. The monoisotopic (exact) mass is 274 g/mol. The van der Waals surface area contributed by atoms with Gasteiger partial charge in [0.25, 0.3) is 5.89 Å². The molecule has 2 aromatic heterocycles. The van der Waals surface area contributed by atoms with Crippen LogP contribution in [0.15, 0.2) is 51.2 Å². The lowest BCUT2D eigenvalue weighted by atomic mass is 10.2.